The van der Waals surface area contributed by atoms with E-state index in [1.54, 1.807) is 28.9 Å². The minimum atomic E-state index is -0.555. The molecule has 1 aliphatic rings. The predicted octanol–water partition coefficient (Wildman–Crippen LogP) is 4.52. The van der Waals surface area contributed by atoms with Crippen LogP contribution in [0.3, 0.4) is 0 Å². The first-order valence-electron chi connectivity index (χ1n) is 7.92. The van der Waals surface area contributed by atoms with Crippen LogP contribution in [-0.4, -0.2) is 34.6 Å². The number of benzene rings is 1. The lowest BCUT2D eigenvalue weighted by Crippen LogP contribution is -2.39. The molecular formula is C18H18ClFN2OS. The Hall–Kier alpha value is -1.59. The number of aromatic nitrogens is 1. The van der Waals surface area contributed by atoms with Crippen LogP contribution in [0.5, 0.6) is 0 Å². The summed E-state index contributed by atoms with van der Waals surface area (Å²) in [5, 5.41) is 1.20. The van der Waals surface area contributed by atoms with Gasteiger partial charge in [-0.1, -0.05) is 23.7 Å². The van der Waals surface area contributed by atoms with E-state index in [9.17, 15) is 9.18 Å². The first-order valence-corrected chi connectivity index (χ1v) is 9.28. The molecule has 126 valence electrons. The molecule has 3 rings (SSSR count). The molecular weight excluding hydrogens is 347 g/mol. The zero-order chi connectivity index (χ0) is 16.9. The van der Waals surface area contributed by atoms with Gasteiger partial charge in [0.25, 0.3) is 5.91 Å². The molecule has 2 aromatic rings. The van der Waals surface area contributed by atoms with Gasteiger partial charge in [0, 0.05) is 25.0 Å². The molecule has 0 bridgehead atoms. The number of likely N-dealkylation sites (tertiary alicyclic amines) is 1. The minimum absolute atomic E-state index is 0.0134. The van der Waals surface area contributed by atoms with E-state index in [0.717, 1.165) is 23.6 Å². The van der Waals surface area contributed by atoms with Crippen LogP contribution in [-0.2, 0) is 0 Å². The quantitative estimate of drug-likeness (QED) is 0.748. The number of carbonyl (C=O) groups is 1. The van der Waals surface area contributed by atoms with Crippen molar-refractivity contribution in [2.24, 2.45) is 5.92 Å². The van der Waals surface area contributed by atoms with E-state index in [1.807, 2.05) is 18.2 Å². The van der Waals surface area contributed by atoms with Gasteiger partial charge in [0.15, 0.2) is 0 Å². The van der Waals surface area contributed by atoms with Crippen LogP contribution in [0.2, 0.25) is 5.02 Å². The standard InChI is InChI=1S/C18H18ClFN2OS/c19-14-4-3-5-15(20)17(14)18(23)22-10-7-13(8-11-22)12-24-16-6-1-2-9-21-16/h1-6,9,13H,7-8,10-12H2. The Morgan fingerprint density at radius 1 is 1.25 bits per heavy atom. The molecule has 1 aliphatic heterocycles. The van der Waals surface area contributed by atoms with Crippen molar-refractivity contribution in [1.82, 2.24) is 9.88 Å². The Bertz CT molecular complexity index is 685. The van der Waals surface area contributed by atoms with Gasteiger partial charge in [0.2, 0.25) is 0 Å². The molecule has 6 heteroatoms. The molecule has 0 unspecified atom stereocenters. The fourth-order valence-electron chi connectivity index (χ4n) is 2.80. The van der Waals surface area contributed by atoms with Gasteiger partial charge in [-0.3, -0.25) is 4.79 Å². The second-order valence-electron chi connectivity index (χ2n) is 5.81. The number of hydrogen-bond acceptors (Lipinski definition) is 3. The molecule has 0 spiro atoms. The first kappa shape index (κ1) is 17.2. The van der Waals surface area contributed by atoms with Crippen molar-refractivity contribution in [3.8, 4) is 0 Å². The lowest BCUT2D eigenvalue weighted by atomic mass is 9.98. The number of rotatable bonds is 4. The van der Waals surface area contributed by atoms with Crippen LogP contribution in [0.4, 0.5) is 4.39 Å². The van der Waals surface area contributed by atoms with Gasteiger partial charge in [0.1, 0.15) is 5.82 Å². The van der Waals surface area contributed by atoms with Gasteiger partial charge in [-0.05, 0) is 43.0 Å². The Balaban J connectivity index is 1.54. The number of carbonyl (C=O) groups excluding carboxylic acids is 1. The van der Waals surface area contributed by atoms with Crippen molar-refractivity contribution in [2.45, 2.75) is 17.9 Å². The second kappa shape index (κ2) is 7.99. The summed E-state index contributed by atoms with van der Waals surface area (Å²) in [4.78, 5) is 18.5. The summed E-state index contributed by atoms with van der Waals surface area (Å²) >= 11 is 7.73. The Labute approximate surface area is 150 Å². The highest BCUT2D eigenvalue weighted by atomic mass is 35.5. The molecule has 0 N–H and O–H groups in total. The van der Waals surface area contributed by atoms with Gasteiger partial charge in [-0.2, -0.15) is 0 Å². The van der Waals surface area contributed by atoms with Crippen molar-refractivity contribution in [1.29, 1.82) is 0 Å². The third-order valence-corrected chi connectivity index (χ3v) is 5.67. The number of nitrogens with zero attached hydrogens (tertiary/aromatic N) is 2. The average Bonchev–Trinajstić information content (AvgIpc) is 2.61. The lowest BCUT2D eigenvalue weighted by molar-refractivity contribution is 0.0694. The average molecular weight is 365 g/mol. The first-order chi connectivity index (χ1) is 11.6. The Morgan fingerprint density at radius 2 is 2.04 bits per heavy atom. The van der Waals surface area contributed by atoms with E-state index in [4.69, 9.17) is 11.6 Å². The van der Waals surface area contributed by atoms with Gasteiger partial charge in [-0.15, -0.1) is 11.8 Å². The van der Waals surface area contributed by atoms with E-state index < -0.39 is 5.82 Å². The van der Waals surface area contributed by atoms with Gasteiger partial charge in [0.05, 0.1) is 15.6 Å². The third kappa shape index (κ3) is 4.08. The fraction of sp³-hybridized carbons (Fsp3) is 0.333. The summed E-state index contributed by atoms with van der Waals surface area (Å²) in [6.07, 6.45) is 3.62. The molecule has 0 saturated carbocycles. The van der Waals surface area contributed by atoms with E-state index in [-0.39, 0.29) is 16.5 Å². The van der Waals surface area contributed by atoms with E-state index in [2.05, 4.69) is 4.98 Å². The summed E-state index contributed by atoms with van der Waals surface area (Å²) in [6.45, 7) is 1.27. The number of amides is 1. The van der Waals surface area contributed by atoms with Crippen LogP contribution in [0.15, 0.2) is 47.6 Å². The summed E-state index contributed by atoms with van der Waals surface area (Å²) in [7, 11) is 0. The SMILES string of the molecule is O=C(c1c(F)cccc1Cl)N1CCC(CSc2ccccn2)CC1. The summed E-state index contributed by atoms with van der Waals surface area (Å²) < 4.78 is 13.9. The largest absolute Gasteiger partial charge is 0.338 e. The maximum atomic E-state index is 13.9. The highest BCUT2D eigenvalue weighted by Gasteiger charge is 2.26. The van der Waals surface area contributed by atoms with Gasteiger partial charge in [-0.25, -0.2) is 9.37 Å². The van der Waals surface area contributed by atoms with E-state index in [0.29, 0.717) is 19.0 Å². The van der Waals surface area contributed by atoms with Gasteiger partial charge >= 0.3 is 0 Å². The molecule has 1 saturated heterocycles. The van der Waals surface area contributed by atoms with E-state index >= 15 is 0 Å². The highest BCUT2D eigenvalue weighted by molar-refractivity contribution is 7.99. The molecule has 0 aliphatic carbocycles. The van der Waals surface area contributed by atoms with Crippen LogP contribution < -0.4 is 0 Å². The lowest BCUT2D eigenvalue weighted by Gasteiger charge is -2.32. The molecule has 1 amide bonds. The molecule has 2 heterocycles. The second-order valence-corrected chi connectivity index (χ2v) is 7.26. The Morgan fingerprint density at radius 3 is 2.71 bits per heavy atom. The van der Waals surface area contributed by atoms with Crippen molar-refractivity contribution in [3.05, 3.63) is 59.0 Å². The summed E-state index contributed by atoms with van der Waals surface area (Å²) in [6, 6.07) is 10.2. The summed E-state index contributed by atoms with van der Waals surface area (Å²) in [5.74, 6) is 0.658. The summed E-state index contributed by atoms with van der Waals surface area (Å²) in [5.41, 5.74) is -0.0134. The van der Waals surface area contributed by atoms with Crippen LogP contribution in [0.1, 0.15) is 23.2 Å². The molecule has 0 radical (unpaired) electrons. The monoisotopic (exact) mass is 364 g/mol. The Kier molecular flexibility index (Phi) is 5.74. The predicted molar refractivity (Wildman–Crippen MR) is 95.0 cm³/mol. The zero-order valence-electron chi connectivity index (χ0n) is 13.1. The van der Waals surface area contributed by atoms with E-state index in [1.165, 1.54) is 12.1 Å². The van der Waals surface area contributed by atoms with Crippen LogP contribution in [0, 0.1) is 11.7 Å². The van der Waals surface area contributed by atoms with Crippen molar-refractivity contribution in [2.75, 3.05) is 18.8 Å². The molecule has 1 aromatic carbocycles. The van der Waals surface area contributed by atoms with Crippen molar-refractivity contribution >= 4 is 29.3 Å². The fourth-order valence-corrected chi connectivity index (χ4v) is 4.09. The molecule has 0 atom stereocenters. The van der Waals surface area contributed by atoms with Crippen LogP contribution in [0.25, 0.3) is 0 Å². The van der Waals surface area contributed by atoms with Crippen molar-refractivity contribution < 1.29 is 9.18 Å². The molecule has 3 nitrogen and oxygen atoms in total. The highest BCUT2D eigenvalue weighted by Crippen LogP contribution is 2.27. The molecule has 1 fully saturated rings. The number of thioether (sulfide) groups is 1. The molecule has 24 heavy (non-hydrogen) atoms. The normalized spacial score (nSPS) is 15.5. The topological polar surface area (TPSA) is 33.2 Å². The van der Waals surface area contributed by atoms with Gasteiger partial charge < -0.3 is 4.90 Å². The minimum Gasteiger partial charge on any atom is -0.338 e. The maximum Gasteiger partial charge on any atom is 0.258 e. The van der Waals surface area contributed by atoms with Crippen molar-refractivity contribution in [3.63, 3.8) is 0 Å². The molecule has 1 aromatic heterocycles. The number of halogens is 2. The number of hydrogen-bond donors (Lipinski definition) is 0. The third-order valence-electron chi connectivity index (χ3n) is 4.18. The number of pyridine rings is 1. The zero-order valence-corrected chi connectivity index (χ0v) is 14.7. The smallest absolute Gasteiger partial charge is 0.258 e. The number of piperidine rings is 1. The maximum absolute atomic E-state index is 13.9. The van der Waals surface area contributed by atoms with Crippen LogP contribution >= 0.6 is 23.4 Å².